The smallest absolute Gasteiger partial charge is 0.372 e. The fraction of sp³-hybridized carbons (Fsp3) is 0.648. The highest BCUT2D eigenvalue weighted by molar-refractivity contribution is 6.32. The van der Waals surface area contributed by atoms with E-state index in [2.05, 4.69) is 21.3 Å². The molecule has 4 atom stereocenters. The van der Waals surface area contributed by atoms with Crippen LogP contribution in [0.25, 0.3) is 0 Å². The van der Waals surface area contributed by atoms with Crippen molar-refractivity contribution in [1.82, 2.24) is 21.3 Å². The first kappa shape index (κ1) is 73.0. The van der Waals surface area contributed by atoms with E-state index in [0.29, 0.717) is 83.1 Å². The standard InChI is InChI=1S/C30H46N2O15.C24H37N3O6/c1-2-23(29(42)43)32-26(37)11-9-20(28(40)41)17-22(34)18-47-15-14-46-13-12-31-25(36)10-8-19(27(38)39)16-21(33)6-4-3-5-7-24(35)30(44)45;1-3-20(28)7-6-14-32-15-16-33-17-22(29)27-21(23(25)30)8-4-5-13-26-24(31)19-11-9-18(2)10-12-19/h19-20,23H,2-18H2,1H3,(H,31,36)(H,32,37)(H,38,39)(H,40,41)(H,42,43)(H,44,45);9-12,21H,3-8,13-17H2,1-2H3,(H2,25,30)(H,26,31)(H,27,29)/t19-,20-,23+;21-/m10/s1. The highest BCUT2D eigenvalue weighted by Crippen LogP contribution is 2.16. The molecule has 0 aromatic heterocycles. The van der Waals surface area contributed by atoms with E-state index in [9.17, 15) is 72.5 Å². The van der Waals surface area contributed by atoms with Gasteiger partial charge in [-0.2, -0.15) is 0 Å². The lowest BCUT2D eigenvalue weighted by Crippen LogP contribution is -2.45. The number of hydrogen-bond acceptors (Lipinski definition) is 17. The molecule has 1 rings (SSSR count). The van der Waals surface area contributed by atoms with Crippen molar-refractivity contribution in [1.29, 1.82) is 0 Å². The predicted octanol–water partition coefficient (Wildman–Crippen LogP) is 2.26. The number of aliphatic carboxylic acids is 4. The predicted molar refractivity (Wildman–Crippen MR) is 285 cm³/mol. The van der Waals surface area contributed by atoms with Crippen molar-refractivity contribution < 1.29 is 102 Å². The van der Waals surface area contributed by atoms with Gasteiger partial charge in [-0.25, -0.2) is 9.59 Å². The summed E-state index contributed by atoms with van der Waals surface area (Å²) in [6, 6.07) is 5.43. The van der Waals surface area contributed by atoms with E-state index < -0.39 is 83.0 Å². The SMILES string of the molecule is CCC(=O)CCCOCCOCC(=O)N[C@@H](CCCCNC(=O)c1ccc(C)cc1)C(N)=O.CC[C@H](NC(=O)CC[C@H](CC(=O)COCCOCCNC(=O)CC[C@H](CC(=O)CCCCCC(=O)C(=O)O)C(=O)O)C(=O)O)C(=O)O. The first-order chi connectivity index (χ1) is 38.0. The van der Waals surface area contributed by atoms with Gasteiger partial charge >= 0.3 is 23.9 Å². The van der Waals surface area contributed by atoms with Gasteiger partial charge in [0.05, 0.1) is 44.9 Å². The number of carboxylic acids is 4. The van der Waals surface area contributed by atoms with Crippen molar-refractivity contribution in [2.24, 2.45) is 17.6 Å². The Morgan fingerprint density at radius 2 is 1.05 bits per heavy atom. The number of carbonyl (C=O) groups is 13. The third-order valence-corrected chi connectivity index (χ3v) is 11.9. The van der Waals surface area contributed by atoms with E-state index in [0.717, 1.165) is 5.56 Å². The van der Waals surface area contributed by atoms with E-state index in [4.69, 9.17) is 34.9 Å². The molecule has 0 unspecified atom stereocenters. The first-order valence-corrected chi connectivity index (χ1v) is 26.8. The van der Waals surface area contributed by atoms with Crippen LogP contribution in [0.1, 0.15) is 145 Å². The molecule has 0 aliphatic carbocycles. The number of carboxylic acid groups (broad SMARTS) is 4. The molecule has 0 aliphatic rings. The molecule has 10 N–H and O–H groups in total. The molecule has 0 spiro atoms. The van der Waals surface area contributed by atoms with Gasteiger partial charge in [-0.05, 0) is 76.8 Å². The van der Waals surface area contributed by atoms with Gasteiger partial charge in [-0.15, -0.1) is 0 Å². The summed E-state index contributed by atoms with van der Waals surface area (Å²) in [4.78, 5) is 150. The summed E-state index contributed by atoms with van der Waals surface area (Å²) < 4.78 is 21.0. The Morgan fingerprint density at radius 3 is 1.62 bits per heavy atom. The molecule has 80 heavy (non-hydrogen) atoms. The fourth-order valence-electron chi connectivity index (χ4n) is 7.14. The molecule has 0 saturated heterocycles. The molecular formula is C54H83N5O21. The van der Waals surface area contributed by atoms with Crippen molar-refractivity contribution in [3.05, 3.63) is 35.4 Å². The second kappa shape index (κ2) is 44.8. The Bertz CT molecular complexity index is 2140. The second-order valence-electron chi connectivity index (χ2n) is 18.6. The number of Topliss-reactive ketones (excluding diaryl/α,β-unsaturated/α-hetero) is 4. The molecule has 5 amide bonds. The summed E-state index contributed by atoms with van der Waals surface area (Å²) in [5, 5.41) is 46.5. The quantitative estimate of drug-likeness (QED) is 0.0334. The van der Waals surface area contributed by atoms with Crippen LogP contribution >= 0.6 is 0 Å². The molecule has 0 heterocycles. The van der Waals surface area contributed by atoms with E-state index in [1.807, 2.05) is 26.0 Å². The zero-order valence-electron chi connectivity index (χ0n) is 46.2. The maximum atomic E-state index is 12.1. The molecule has 26 nitrogen and oxygen atoms in total. The van der Waals surface area contributed by atoms with Gasteiger partial charge in [-0.3, -0.25) is 52.7 Å². The number of nitrogens with one attached hydrogen (secondary N) is 4. The normalized spacial score (nSPS) is 12.2. The minimum absolute atomic E-state index is 0.00219. The fourth-order valence-corrected chi connectivity index (χ4v) is 7.14. The van der Waals surface area contributed by atoms with Gasteiger partial charge in [0, 0.05) is 76.6 Å². The third kappa shape index (κ3) is 38.5. The lowest BCUT2D eigenvalue weighted by Gasteiger charge is -2.15. The molecule has 1 aromatic rings. The van der Waals surface area contributed by atoms with Gasteiger partial charge < -0.3 is 66.4 Å². The Balaban J connectivity index is 0.00000166. The second-order valence-corrected chi connectivity index (χ2v) is 18.6. The van der Waals surface area contributed by atoms with Crippen LogP contribution in [0.5, 0.6) is 0 Å². The Labute approximate surface area is 465 Å². The van der Waals surface area contributed by atoms with E-state index >= 15 is 0 Å². The number of aryl methyl sites for hydroxylation is 1. The number of rotatable bonds is 48. The maximum Gasteiger partial charge on any atom is 0.372 e. The molecule has 26 heteroatoms. The zero-order valence-corrected chi connectivity index (χ0v) is 46.2. The molecule has 450 valence electrons. The van der Waals surface area contributed by atoms with Crippen LogP contribution in [0.15, 0.2) is 24.3 Å². The maximum absolute atomic E-state index is 12.1. The average molecular weight is 1140 g/mol. The summed E-state index contributed by atoms with van der Waals surface area (Å²) in [6.45, 7) is 6.53. The number of amides is 5. The Hall–Kier alpha value is -7.03. The van der Waals surface area contributed by atoms with Crippen LogP contribution in [0.2, 0.25) is 0 Å². The van der Waals surface area contributed by atoms with Crippen molar-refractivity contribution in [2.75, 3.05) is 65.9 Å². The largest absolute Gasteiger partial charge is 0.481 e. The van der Waals surface area contributed by atoms with Crippen molar-refractivity contribution in [2.45, 2.75) is 148 Å². The zero-order chi connectivity index (χ0) is 60.3. The van der Waals surface area contributed by atoms with E-state index in [1.165, 1.54) is 0 Å². The number of ketones is 4. The third-order valence-electron chi connectivity index (χ3n) is 11.9. The minimum Gasteiger partial charge on any atom is -0.481 e. The Kier molecular flexibility index (Phi) is 40.8. The number of hydrogen-bond donors (Lipinski definition) is 9. The molecule has 0 bridgehead atoms. The molecule has 0 aliphatic heterocycles. The first-order valence-electron chi connectivity index (χ1n) is 26.8. The summed E-state index contributed by atoms with van der Waals surface area (Å²) in [5.74, 6) is -11.1. The lowest BCUT2D eigenvalue weighted by atomic mass is 9.94. The lowest BCUT2D eigenvalue weighted by molar-refractivity contribution is -0.149. The molecule has 0 radical (unpaired) electrons. The van der Waals surface area contributed by atoms with Crippen LogP contribution < -0.4 is 27.0 Å². The monoisotopic (exact) mass is 1140 g/mol. The van der Waals surface area contributed by atoms with Crippen LogP contribution in [-0.4, -0.2) is 175 Å². The topological polar surface area (TPSA) is 414 Å². The number of benzene rings is 1. The van der Waals surface area contributed by atoms with Crippen molar-refractivity contribution >= 4 is 76.5 Å². The molecule has 1 aromatic carbocycles. The summed E-state index contributed by atoms with van der Waals surface area (Å²) >= 11 is 0. The molecule has 0 saturated carbocycles. The van der Waals surface area contributed by atoms with E-state index in [1.54, 1.807) is 19.1 Å². The number of primary amides is 1. The van der Waals surface area contributed by atoms with Crippen LogP contribution in [0, 0.1) is 18.8 Å². The minimum atomic E-state index is -1.50. The van der Waals surface area contributed by atoms with Crippen LogP contribution in [-0.2, 0) is 76.5 Å². The van der Waals surface area contributed by atoms with Crippen molar-refractivity contribution in [3.8, 4) is 0 Å². The van der Waals surface area contributed by atoms with Gasteiger partial charge in [-0.1, -0.05) is 38.0 Å². The average Bonchev–Trinajstić information content (AvgIpc) is 3.40. The van der Waals surface area contributed by atoms with Crippen LogP contribution in [0.4, 0.5) is 0 Å². The number of nitrogens with two attached hydrogens (primary N) is 1. The Morgan fingerprint density at radius 1 is 0.500 bits per heavy atom. The van der Waals surface area contributed by atoms with E-state index in [-0.39, 0.29) is 121 Å². The van der Waals surface area contributed by atoms with Crippen molar-refractivity contribution in [3.63, 3.8) is 0 Å². The van der Waals surface area contributed by atoms with Crippen LogP contribution in [0.3, 0.4) is 0 Å². The van der Waals surface area contributed by atoms with Gasteiger partial charge in [0.1, 0.15) is 36.9 Å². The van der Waals surface area contributed by atoms with Gasteiger partial charge in [0.15, 0.2) is 5.78 Å². The highest BCUT2D eigenvalue weighted by atomic mass is 16.5. The molecular weight excluding hydrogens is 1050 g/mol. The number of unbranched alkanes of at least 4 members (excludes halogenated alkanes) is 3. The highest BCUT2D eigenvalue weighted by Gasteiger charge is 2.25. The number of ether oxygens (including phenoxy) is 4. The van der Waals surface area contributed by atoms with Gasteiger partial charge in [0.25, 0.3) is 5.91 Å². The summed E-state index contributed by atoms with van der Waals surface area (Å²) in [5.41, 5.74) is 7.06. The summed E-state index contributed by atoms with van der Waals surface area (Å²) in [6.07, 6.45) is 3.41. The summed E-state index contributed by atoms with van der Waals surface area (Å²) in [7, 11) is 0. The molecule has 0 fully saturated rings. The number of carbonyl (C=O) groups excluding carboxylic acids is 9. The van der Waals surface area contributed by atoms with Gasteiger partial charge in [0.2, 0.25) is 29.4 Å².